The first-order chi connectivity index (χ1) is 8.63. The number of amides is 1. The normalized spacial score (nSPS) is 10.1. The minimum atomic E-state index is 0.110. The van der Waals surface area contributed by atoms with Gasteiger partial charge in [0.25, 0.3) is 0 Å². The van der Waals surface area contributed by atoms with Gasteiger partial charge in [0.1, 0.15) is 5.82 Å². The molecule has 5 nitrogen and oxygen atoms in total. The third-order valence-electron chi connectivity index (χ3n) is 2.68. The summed E-state index contributed by atoms with van der Waals surface area (Å²) in [4.78, 5) is 15.3. The van der Waals surface area contributed by atoms with Crippen LogP contribution in [0.4, 0.5) is 11.5 Å². The highest BCUT2D eigenvalue weighted by molar-refractivity contribution is 5.75. The van der Waals surface area contributed by atoms with Gasteiger partial charge < -0.3 is 16.4 Å². The van der Waals surface area contributed by atoms with Crippen LogP contribution in [0.15, 0.2) is 12.1 Å². The second-order valence-corrected chi connectivity index (χ2v) is 4.21. The van der Waals surface area contributed by atoms with Crippen molar-refractivity contribution >= 4 is 17.4 Å². The van der Waals surface area contributed by atoms with Crippen LogP contribution in [0.25, 0.3) is 0 Å². The van der Waals surface area contributed by atoms with E-state index in [1.807, 2.05) is 26.0 Å². The summed E-state index contributed by atoms with van der Waals surface area (Å²) in [6.07, 6.45) is 2.51. The highest BCUT2D eigenvalue weighted by Gasteiger charge is 1.98. The van der Waals surface area contributed by atoms with Gasteiger partial charge in [0.2, 0.25) is 5.91 Å². The summed E-state index contributed by atoms with van der Waals surface area (Å²) in [6.45, 7) is 5.33. The zero-order valence-corrected chi connectivity index (χ0v) is 11.1. The van der Waals surface area contributed by atoms with E-state index in [0.29, 0.717) is 12.1 Å². The number of nitrogens with zero attached hydrogens (tertiary/aromatic N) is 1. The van der Waals surface area contributed by atoms with Gasteiger partial charge in [0, 0.05) is 19.5 Å². The Labute approximate surface area is 108 Å². The molecule has 0 aromatic carbocycles. The van der Waals surface area contributed by atoms with Crippen molar-refractivity contribution in [3.8, 4) is 0 Å². The Balaban J connectivity index is 2.14. The summed E-state index contributed by atoms with van der Waals surface area (Å²) in [5.74, 6) is 0.957. The van der Waals surface area contributed by atoms with Crippen molar-refractivity contribution in [1.82, 2.24) is 10.3 Å². The average molecular weight is 250 g/mol. The first-order valence-corrected chi connectivity index (χ1v) is 6.37. The lowest BCUT2D eigenvalue weighted by Gasteiger charge is -2.08. The van der Waals surface area contributed by atoms with Gasteiger partial charge in [-0.05, 0) is 31.9 Å². The standard InChI is InChI=1S/C13H22N4O/c1-3-13(18)16-9-5-4-8-15-12-7-6-11(14)10(2)17-12/h6-7H,3-5,8-9,14H2,1-2H3,(H,15,17)(H,16,18). The summed E-state index contributed by atoms with van der Waals surface area (Å²) in [5.41, 5.74) is 7.25. The first-order valence-electron chi connectivity index (χ1n) is 6.37. The number of anilines is 2. The molecule has 0 aliphatic rings. The Morgan fingerprint density at radius 3 is 2.72 bits per heavy atom. The number of unbranched alkanes of at least 4 members (excludes halogenated alkanes) is 1. The van der Waals surface area contributed by atoms with Crippen molar-refractivity contribution in [1.29, 1.82) is 0 Å². The van der Waals surface area contributed by atoms with Crippen molar-refractivity contribution in [2.45, 2.75) is 33.1 Å². The molecular weight excluding hydrogens is 228 g/mol. The maximum Gasteiger partial charge on any atom is 0.219 e. The van der Waals surface area contributed by atoms with Crippen LogP contribution in [-0.2, 0) is 4.79 Å². The zero-order chi connectivity index (χ0) is 13.4. The maximum atomic E-state index is 11.0. The lowest BCUT2D eigenvalue weighted by molar-refractivity contribution is -0.120. The fourth-order valence-electron chi connectivity index (χ4n) is 1.49. The third-order valence-corrected chi connectivity index (χ3v) is 2.68. The summed E-state index contributed by atoms with van der Waals surface area (Å²) in [6, 6.07) is 3.73. The van der Waals surface area contributed by atoms with Gasteiger partial charge >= 0.3 is 0 Å². The Bertz CT molecular complexity index is 393. The molecule has 1 aromatic rings. The van der Waals surface area contributed by atoms with Crippen LogP contribution in [0.2, 0.25) is 0 Å². The quantitative estimate of drug-likeness (QED) is 0.643. The van der Waals surface area contributed by atoms with Crippen LogP contribution < -0.4 is 16.4 Å². The molecule has 0 aliphatic carbocycles. The lowest BCUT2D eigenvalue weighted by atomic mass is 10.3. The number of carbonyl (C=O) groups is 1. The molecule has 0 saturated heterocycles. The molecule has 0 unspecified atom stereocenters. The number of pyridine rings is 1. The molecule has 1 amide bonds. The van der Waals surface area contributed by atoms with Crippen LogP contribution in [0.1, 0.15) is 31.9 Å². The minimum Gasteiger partial charge on any atom is -0.397 e. The van der Waals surface area contributed by atoms with Crippen LogP contribution in [-0.4, -0.2) is 24.0 Å². The largest absolute Gasteiger partial charge is 0.397 e. The van der Waals surface area contributed by atoms with Crippen molar-refractivity contribution in [3.63, 3.8) is 0 Å². The number of hydrogen-bond donors (Lipinski definition) is 3. The highest BCUT2D eigenvalue weighted by atomic mass is 16.1. The molecule has 0 bridgehead atoms. The van der Waals surface area contributed by atoms with Crippen LogP contribution in [0, 0.1) is 6.92 Å². The Hall–Kier alpha value is -1.78. The van der Waals surface area contributed by atoms with Crippen molar-refractivity contribution in [2.24, 2.45) is 0 Å². The zero-order valence-electron chi connectivity index (χ0n) is 11.1. The molecule has 1 aromatic heterocycles. The molecule has 0 atom stereocenters. The van der Waals surface area contributed by atoms with E-state index in [-0.39, 0.29) is 5.91 Å². The molecule has 0 radical (unpaired) electrons. The molecule has 0 spiro atoms. The summed E-state index contributed by atoms with van der Waals surface area (Å²) in [7, 11) is 0. The highest BCUT2D eigenvalue weighted by Crippen LogP contribution is 2.11. The summed E-state index contributed by atoms with van der Waals surface area (Å²) < 4.78 is 0. The van der Waals surface area contributed by atoms with E-state index in [4.69, 9.17) is 5.73 Å². The van der Waals surface area contributed by atoms with Gasteiger partial charge in [0.15, 0.2) is 0 Å². The Morgan fingerprint density at radius 2 is 2.06 bits per heavy atom. The molecule has 5 heteroatoms. The fourth-order valence-corrected chi connectivity index (χ4v) is 1.49. The van der Waals surface area contributed by atoms with E-state index >= 15 is 0 Å². The molecule has 1 heterocycles. The van der Waals surface area contributed by atoms with Gasteiger partial charge in [-0.1, -0.05) is 6.92 Å². The average Bonchev–Trinajstić information content (AvgIpc) is 2.37. The van der Waals surface area contributed by atoms with E-state index in [1.165, 1.54) is 0 Å². The molecule has 18 heavy (non-hydrogen) atoms. The molecule has 0 fully saturated rings. The number of rotatable bonds is 7. The molecule has 1 rings (SSSR count). The molecule has 0 saturated carbocycles. The van der Waals surface area contributed by atoms with Gasteiger partial charge in [0.05, 0.1) is 11.4 Å². The summed E-state index contributed by atoms with van der Waals surface area (Å²) >= 11 is 0. The first kappa shape index (κ1) is 14.3. The van der Waals surface area contributed by atoms with Gasteiger partial charge in [-0.15, -0.1) is 0 Å². The van der Waals surface area contributed by atoms with Crippen molar-refractivity contribution < 1.29 is 4.79 Å². The van der Waals surface area contributed by atoms with Crippen LogP contribution >= 0.6 is 0 Å². The number of aromatic nitrogens is 1. The number of nitrogen functional groups attached to an aromatic ring is 1. The van der Waals surface area contributed by atoms with Crippen LogP contribution in [0.3, 0.4) is 0 Å². The Kier molecular flexibility index (Phi) is 5.97. The number of nitrogens with two attached hydrogens (primary N) is 1. The molecule has 100 valence electrons. The minimum absolute atomic E-state index is 0.110. The molecule has 4 N–H and O–H groups in total. The Morgan fingerprint density at radius 1 is 1.33 bits per heavy atom. The topological polar surface area (TPSA) is 80.0 Å². The lowest BCUT2D eigenvalue weighted by Crippen LogP contribution is -2.23. The predicted molar refractivity (Wildman–Crippen MR) is 74.4 cm³/mol. The van der Waals surface area contributed by atoms with Crippen molar-refractivity contribution in [3.05, 3.63) is 17.8 Å². The van der Waals surface area contributed by atoms with E-state index in [0.717, 1.165) is 37.4 Å². The second-order valence-electron chi connectivity index (χ2n) is 4.21. The van der Waals surface area contributed by atoms with Crippen molar-refractivity contribution in [2.75, 3.05) is 24.1 Å². The number of hydrogen-bond acceptors (Lipinski definition) is 4. The third kappa shape index (κ3) is 5.03. The van der Waals surface area contributed by atoms with E-state index in [2.05, 4.69) is 15.6 Å². The number of carbonyl (C=O) groups excluding carboxylic acids is 1. The van der Waals surface area contributed by atoms with Gasteiger partial charge in [-0.3, -0.25) is 4.79 Å². The van der Waals surface area contributed by atoms with E-state index in [9.17, 15) is 4.79 Å². The monoisotopic (exact) mass is 250 g/mol. The summed E-state index contributed by atoms with van der Waals surface area (Å²) in [5, 5.41) is 6.08. The van der Waals surface area contributed by atoms with E-state index < -0.39 is 0 Å². The second kappa shape index (κ2) is 7.53. The number of aryl methyl sites for hydroxylation is 1. The smallest absolute Gasteiger partial charge is 0.219 e. The SMILES string of the molecule is CCC(=O)NCCCCNc1ccc(N)c(C)n1. The molecular formula is C13H22N4O. The van der Waals surface area contributed by atoms with Gasteiger partial charge in [-0.25, -0.2) is 4.98 Å². The van der Waals surface area contributed by atoms with E-state index in [1.54, 1.807) is 0 Å². The number of nitrogens with one attached hydrogen (secondary N) is 2. The predicted octanol–water partition coefficient (Wildman–Crippen LogP) is 1.69. The van der Waals surface area contributed by atoms with Crippen LogP contribution in [0.5, 0.6) is 0 Å². The fraction of sp³-hybridized carbons (Fsp3) is 0.538. The molecule has 0 aliphatic heterocycles. The maximum absolute atomic E-state index is 11.0. The van der Waals surface area contributed by atoms with Gasteiger partial charge in [-0.2, -0.15) is 0 Å².